The predicted molar refractivity (Wildman–Crippen MR) is 62.7 cm³/mol. The number of rotatable bonds is 4. The summed E-state index contributed by atoms with van der Waals surface area (Å²) in [7, 11) is 0. The molecule has 4 heteroatoms. The molecule has 0 fully saturated rings. The van der Waals surface area contributed by atoms with Gasteiger partial charge in [0.2, 0.25) is 0 Å². The topological polar surface area (TPSA) is 12.0 Å². The molecule has 1 aromatic carbocycles. The van der Waals surface area contributed by atoms with E-state index < -0.39 is 11.7 Å². The van der Waals surface area contributed by atoms with Crippen molar-refractivity contribution in [2.24, 2.45) is 0 Å². The van der Waals surface area contributed by atoms with Crippen molar-refractivity contribution in [3.05, 3.63) is 29.3 Å². The average Bonchev–Trinajstić information content (AvgIpc) is 2.25. The molecule has 0 aliphatic carbocycles. The Balaban J connectivity index is 2.73. The summed E-state index contributed by atoms with van der Waals surface area (Å²) in [6.07, 6.45) is 2.14. The molecule has 0 saturated carbocycles. The van der Waals surface area contributed by atoms with Crippen molar-refractivity contribution in [2.45, 2.75) is 25.9 Å². The summed E-state index contributed by atoms with van der Waals surface area (Å²) in [5, 5.41) is 2.92. The zero-order chi connectivity index (χ0) is 12.9. The molecule has 1 aromatic rings. The second kappa shape index (κ2) is 5.62. The number of aryl methyl sites for hydroxylation is 1. The standard InChI is InChI=1S/C13H14F3N/c1-3-4-5-8-17-11-7-6-10(2)12(9-11)13(14,15)16/h1,6-7,9,17H,4-5,8H2,2H3. The van der Waals surface area contributed by atoms with Gasteiger partial charge in [0, 0.05) is 18.7 Å². The van der Waals surface area contributed by atoms with E-state index in [1.54, 1.807) is 6.07 Å². The first-order valence-electron chi connectivity index (χ1n) is 5.30. The monoisotopic (exact) mass is 241 g/mol. The van der Waals surface area contributed by atoms with Crippen molar-refractivity contribution in [3.63, 3.8) is 0 Å². The number of hydrogen-bond donors (Lipinski definition) is 1. The Hall–Kier alpha value is -1.63. The van der Waals surface area contributed by atoms with E-state index >= 15 is 0 Å². The largest absolute Gasteiger partial charge is 0.416 e. The highest BCUT2D eigenvalue weighted by molar-refractivity contribution is 5.49. The van der Waals surface area contributed by atoms with Gasteiger partial charge in [0.25, 0.3) is 0 Å². The fourth-order valence-electron chi connectivity index (χ4n) is 1.46. The number of unbranched alkanes of at least 4 members (excludes halogenated alkanes) is 1. The highest BCUT2D eigenvalue weighted by Crippen LogP contribution is 2.33. The maximum absolute atomic E-state index is 12.6. The molecule has 17 heavy (non-hydrogen) atoms. The smallest absolute Gasteiger partial charge is 0.385 e. The Morgan fingerprint density at radius 1 is 1.35 bits per heavy atom. The predicted octanol–water partition coefficient (Wildman–Crippen LogP) is 3.84. The van der Waals surface area contributed by atoms with Gasteiger partial charge >= 0.3 is 6.18 Å². The summed E-state index contributed by atoms with van der Waals surface area (Å²) in [5.41, 5.74) is 0.103. The summed E-state index contributed by atoms with van der Waals surface area (Å²) in [4.78, 5) is 0. The van der Waals surface area contributed by atoms with Crippen molar-refractivity contribution in [2.75, 3.05) is 11.9 Å². The molecule has 1 rings (SSSR count). The Kier molecular flexibility index (Phi) is 4.45. The Bertz CT molecular complexity index is 416. The van der Waals surface area contributed by atoms with E-state index in [1.807, 2.05) is 0 Å². The molecule has 0 heterocycles. The maximum Gasteiger partial charge on any atom is 0.416 e. The molecule has 92 valence electrons. The van der Waals surface area contributed by atoms with Crippen LogP contribution in [0.3, 0.4) is 0 Å². The van der Waals surface area contributed by atoms with Crippen molar-refractivity contribution in [1.82, 2.24) is 0 Å². The zero-order valence-electron chi connectivity index (χ0n) is 9.56. The van der Waals surface area contributed by atoms with E-state index in [1.165, 1.54) is 13.0 Å². The van der Waals surface area contributed by atoms with Gasteiger partial charge in [-0.3, -0.25) is 0 Å². The minimum absolute atomic E-state index is 0.228. The molecule has 0 saturated heterocycles. The highest BCUT2D eigenvalue weighted by atomic mass is 19.4. The fourth-order valence-corrected chi connectivity index (χ4v) is 1.46. The van der Waals surface area contributed by atoms with Crippen LogP contribution in [0.2, 0.25) is 0 Å². The van der Waals surface area contributed by atoms with Crippen LogP contribution in [-0.2, 0) is 6.18 Å². The molecule has 0 aliphatic heterocycles. The minimum Gasteiger partial charge on any atom is -0.385 e. The van der Waals surface area contributed by atoms with Gasteiger partial charge in [0.15, 0.2) is 0 Å². The first-order valence-corrected chi connectivity index (χ1v) is 5.30. The van der Waals surface area contributed by atoms with E-state index in [-0.39, 0.29) is 5.56 Å². The lowest BCUT2D eigenvalue weighted by Crippen LogP contribution is -2.09. The van der Waals surface area contributed by atoms with E-state index in [4.69, 9.17) is 6.42 Å². The quantitative estimate of drug-likeness (QED) is 0.623. The molecule has 1 nitrogen and oxygen atoms in total. The van der Waals surface area contributed by atoms with Crippen LogP contribution in [0.15, 0.2) is 18.2 Å². The van der Waals surface area contributed by atoms with Crippen LogP contribution >= 0.6 is 0 Å². The number of terminal acetylenes is 1. The molecule has 0 radical (unpaired) electrons. The van der Waals surface area contributed by atoms with Gasteiger partial charge in [0.05, 0.1) is 5.56 Å². The first-order chi connectivity index (χ1) is 7.95. The number of benzene rings is 1. The van der Waals surface area contributed by atoms with Crippen LogP contribution in [0, 0.1) is 19.3 Å². The third-order valence-corrected chi connectivity index (χ3v) is 2.37. The number of anilines is 1. The van der Waals surface area contributed by atoms with Gasteiger partial charge in [-0.1, -0.05) is 6.07 Å². The second-order valence-corrected chi connectivity index (χ2v) is 3.76. The Morgan fingerprint density at radius 3 is 2.65 bits per heavy atom. The van der Waals surface area contributed by atoms with Crippen molar-refractivity contribution < 1.29 is 13.2 Å². The molecule has 0 aliphatic rings. The molecular formula is C13H14F3N. The summed E-state index contributed by atoms with van der Waals surface area (Å²) >= 11 is 0. The van der Waals surface area contributed by atoms with E-state index in [0.29, 0.717) is 18.7 Å². The number of alkyl halides is 3. The maximum atomic E-state index is 12.6. The van der Waals surface area contributed by atoms with E-state index in [9.17, 15) is 13.2 Å². The molecular weight excluding hydrogens is 227 g/mol. The average molecular weight is 241 g/mol. The summed E-state index contributed by atoms with van der Waals surface area (Å²) in [6.45, 7) is 2.02. The van der Waals surface area contributed by atoms with Crippen molar-refractivity contribution in [3.8, 4) is 12.3 Å². The molecule has 1 N–H and O–H groups in total. The minimum atomic E-state index is -4.30. The highest BCUT2D eigenvalue weighted by Gasteiger charge is 2.32. The molecule has 0 spiro atoms. The zero-order valence-corrected chi connectivity index (χ0v) is 9.56. The van der Waals surface area contributed by atoms with Crippen LogP contribution in [0.4, 0.5) is 18.9 Å². The summed E-state index contributed by atoms with van der Waals surface area (Å²) in [5.74, 6) is 2.48. The van der Waals surface area contributed by atoms with Gasteiger partial charge in [-0.2, -0.15) is 13.2 Å². The molecule has 0 unspecified atom stereocenters. The van der Waals surface area contributed by atoms with Crippen LogP contribution < -0.4 is 5.32 Å². The lowest BCUT2D eigenvalue weighted by atomic mass is 10.1. The SMILES string of the molecule is C#CCCCNc1ccc(C)c(C(F)(F)F)c1. The van der Waals surface area contributed by atoms with Gasteiger partial charge in [-0.05, 0) is 31.0 Å². The molecule has 0 atom stereocenters. The van der Waals surface area contributed by atoms with Crippen molar-refractivity contribution in [1.29, 1.82) is 0 Å². The van der Waals surface area contributed by atoms with Gasteiger partial charge in [0.1, 0.15) is 0 Å². The Morgan fingerprint density at radius 2 is 2.06 bits per heavy atom. The van der Waals surface area contributed by atoms with Crippen LogP contribution in [0.1, 0.15) is 24.0 Å². The van der Waals surface area contributed by atoms with Gasteiger partial charge in [-0.25, -0.2) is 0 Å². The van der Waals surface area contributed by atoms with Gasteiger partial charge in [-0.15, -0.1) is 12.3 Å². The molecule has 0 amide bonds. The third kappa shape index (κ3) is 4.03. The van der Waals surface area contributed by atoms with E-state index in [2.05, 4.69) is 11.2 Å². The Labute approximate surface area is 99.0 Å². The lowest BCUT2D eigenvalue weighted by Gasteiger charge is -2.13. The number of halogens is 3. The summed E-state index contributed by atoms with van der Waals surface area (Å²) in [6, 6.07) is 4.23. The number of nitrogens with one attached hydrogen (secondary N) is 1. The van der Waals surface area contributed by atoms with Gasteiger partial charge < -0.3 is 5.32 Å². The summed E-state index contributed by atoms with van der Waals surface area (Å²) < 4.78 is 37.9. The van der Waals surface area contributed by atoms with Crippen LogP contribution in [-0.4, -0.2) is 6.54 Å². The lowest BCUT2D eigenvalue weighted by molar-refractivity contribution is -0.138. The normalized spacial score (nSPS) is 11.0. The van der Waals surface area contributed by atoms with Crippen LogP contribution in [0.25, 0.3) is 0 Å². The molecule has 0 bridgehead atoms. The number of hydrogen-bond acceptors (Lipinski definition) is 1. The van der Waals surface area contributed by atoms with E-state index in [0.717, 1.165) is 12.5 Å². The fraction of sp³-hybridized carbons (Fsp3) is 0.385. The van der Waals surface area contributed by atoms with Crippen molar-refractivity contribution >= 4 is 5.69 Å². The second-order valence-electron chi connectivity index (χ2n) is 3.76. The first kappa shape index (κ1) is 13.4. The van der Waals surface area contributed by atoms with Crippen LogP contribution in [0.5, 0.6) is 0 Å². The third-order valence-electron chi connectivity index (χ3n) is 2.37. The molecule has 0 aromatic heterocycles.